The van der Waals surface area contributed by atoms with Gasteiger partial charge in [0.05, 0.1) is 11.7 Å². The van der Waals surface area contributed by atoms with Crippen molar-refractivity contribution in [1.82, 2.24) is 10.3 Å². The summed E-state index contributed by atoms with van der Waals surface area (Å²) in [4.78, 5) is 15.2. The van der Waals surface area contributed by atoms with Gasteiger partial charge in [-0.2, -0.15) is 8.78 Å². The molecule has 0 saturated carbocycles. The Bertz CT molecular complexity index is 814. The summed E-state index contributed by atoms with van der Waals surface area (Å²) in [5, 5.41) is 23.8. The first-order valence-corrected chi connectivity index (χ1v) is 8.21. The molecule has 2 atom stereocenters. The fourth-order valence-corrected chi connectivity index (χ4v) is 2.48. The minimum absolute atomic E-state index is 0.0211. The second kappa shape index (κ2) is 9.81. The molecule has 0 bridgehead atoms. The number of amides is 1. The maximum atomic E-state index is 13.1. The number of rotatable bonds is 8. The first-order chi connectivity index (χ1) is 13.4. The predicted molar refractivity (Wildman–Crippen MR) is 95.9 cm³/mol. The van der Waals surface area contributed by atoms with E-state index in [4.69, 9.17) is 10.9 Å². The van der Waals surface area contributed by atoms with Crippen LogP contribution in [0.15, 0.2) is 47.8 Å². The molecule has 10 heteroatoms. The summed E-state index contributed by atoms with van der Waals surface area (Å²) >= 11 is 0. The predicted octanol–water partition coefficient (Wildman–Crippen LogP) is 1.64. The van der Waals surface area contributed by atoms with Crippen LogP contribution in [0.1, 0.15) is 17.4 Å². The van der Waals surface area contributed by atoms with Gasteiger partial charge in [-0.05, 0) is 17.2 Å². The molecule has 0 aliphatic heterocycles. The average molecular weight is 396 g/mol. The highest BCUT2D eigenvalue weighted by Crippen LogP contribution is 2.23. The number of aliphatic hydroxyl groups excluding tert-OH is 1. The smallest absolute Gasteiger partial charge is 0.315 e. The van der Waals surface area contributed by atoms with Crippen LogP contribution in [0.25, 0.3) is 11.1 Å². The van der Waals surface area contributed by atoms with Crippen molar-refractivity contribution in [2.75, 3.05) is 13.2 Å². The molecule has 28 heavy (non-hydrogen) atoms. The van der Waals surface area contributed by atoms with Crippen molar-refractivity contribution in [3.8, 4) is 11.1 Å². The van der Waals surface area contributed by atoms with Gasteiger partial charge in [0, 0.05) is 18.3 Å². The lowest BCUT2D eigenvalue weighted by Gasteiger charge is -2.22. The Kier molecular flexibility index (Phi) is 7.47. The van der Waals surface area contributed by atoms with E-state index >= 15 is 0 Å². The molecule has 0 radical (unpaired) electrons. The summed E-state index contributed by atoms with van der Waals surface area (Å²) in [5.41, 5.74) is 7.78. The maximum absolute atomic E-state index is 13.1. The van der Waals surface area contributed by atoms with E-state index in [1.54, 1.807) is 29.6 Å². The maximum Gasteiger partial charge on any atom is 0.315 e. The van der Waals surface area contributed by atoms with Gasteiger partial charge in [-0.3, -0.25) is 9.78 Å². The number of pyridine rings is 1. The monoisotopic (exact) mass is 396 g/mol. The van der Waals surface area contributed by atoms with E-state index < -0.39 is 31.2 Å². The number of benzene rings is 1. The zero-order chi connectivity index (χ0) is 20.7. The Balaban J connectivity index is 2.15. The van der Waals surface area contributed by atoms with Crippen molar-refractivity contribution in [3.63, 3.8) is 0 Å². The number of alkyl halides is 3. The molecule has 0 fully saturated rings. The molecule has 0 unspecified atom stereocenters. The molecular formula is C18H19F3N4O3. The summed E-state index contributed by atoms with van der Waals surface area (Å²) in [7, 11) is 0. The molecule has 0 aliphatic carbocycles. The topological polar surface area (TPSA) is 121 Å². The number of carbonyl (C=O) groups excluding carboxylic acids is 1. The number of halogens is 3. The highest BCUT2D eigenvalue weighted by atomic mass is 19.3. The van der Waals surface area contributed by atoms with Gasteiger partial charge in [0.15, 0.2) is 0 Å². The Morgan fingerprint density at radius 1 is 1.18 bits per heavy atom. The van der Waals surface area contributed by atoms with Crippen molar-refractivity contribution in [2.45, 2.75) is 18.6 Å². The SMILES string of the molecule is NC/C(=N\O)c1ccc(-c2ccc([C@@H](O)[C@@H](CF)NC(=O)C(F)F)cc2)cn1. The van der Waals surface area contributed by atoms with Crippen LogP contribution in [0.2, 0.25) is 0 Å². The number of carbonyl (C=O) groups is 1. The van der Waals surface area contributed by atoms with Gasteiger partial charge < -0.3 is 21.4 Å². The van der Waals surface area contributed by atoms with Crippen LogP contribution in [-0.2, 0) is 4.79 Å². The number of nitrogens with one attached hydrogen (secondary N) is 1. The second-order valence-corrected chi connectivity index (χ2v) is 5.82. The molecule has 1 aromatic heterocycles. The third-order valence-electron chi connectivity index (χ3n) is 4.03. The molecule has 1 amide bonds. The van der Waals surface area contributed by atoms with E-state index in [1.807, 2.05) is 0 Å². The second-order valence-electron chi connectivity index (χ2n) is 5.82. The van der Waals surface area contributed by atoms with Crippen LogP contribution >= 0.6 is 0 Å². The zero-order valence-corrected chi connectivity index (χ0v) is 14.6. The number of aromatic nitrogens is 1. The van der Waals surface area contributed by atoms with Gasteiger partial charge in [-0.1, -0.05) is 35.5 Å². The highest BCUT2D eigenvalue weighted by Gasteiger charge is 2.26. The normalized spacial score (nSPS) is 14.0. The lowest BCUT2D eigenvalue weighted by molar-refractivity contribution is -0.133. The molecule has 0 aliphatic rings. The van der Waals surface area contributed by atoms with Crippen molar-refractivity contribution in [1.29, 1.82) is 0 Å². The van der Waals surface area contributed by atoms with E-state index in [2.05, 4.69) is 10.1 Å². The minimum Gasteiger partial charge on any atom is -0.411 e. The Morgan fingerprint density at radius 3 is 2.29 bits per heavy atom. The van der Waals surface area contributed by atoms with E-state index in [9.17, 15) is 23.1 Å². The summed E-state index contributed by atoms with van der Waals surface area (Å²) in [6.45, 7) is -1.18. The minimum atomic E-state index is -3.30. The van der Waals surface area contributed by atoms with Gasteiger partial charge in [-0.25, -0.2) is 4.39 Å². The van der Waals surface area contributed by atoms with Crippen molar-refractivity contribution >= 4 is 11.6 Å². The first kappa shape index (κ1) is 21.3. The van der Waals surface area contributed by atoms with Crippen LogP contribution in [0, 0.1) is 0 Å². The number of hydrogen-bond acceptors (Lipinski definition) is 6. The quantitative estimate of drug-likeness (QED) is 0.307. The highest BCUT2D eigenvalue weighted by molar-refractivity contribution is 6.00. The van der Waals surface area contributed by atoms with Crippen LogP contribution in [0.4, 0.5) is 13.2 Å². The number of nitrogens with two attached hydrogens (primary N) is 1. The number of hydrogen-bond donors (Lipinski definition) is 4. The van der Waals surface area contributed by atoms with Gasteiger partial charge in [-0.15, -0.1) is 0 Å². The van der Waals surface area contributed by atoms with Crippen LogP contribution in [0.5, 0.6) is 0 Å². The van der Waals surface area contributed by atoms with E-state index in [-0.39, 0.29) is 17.8 Å². The Labute approximate surface area is 158 Å². The summed E-state index contributed by atoms with van der Waals surface area (Å²) in [5.74, 6) is -1.65. The fraction of sp³-hybridized carbons (Fsp3) is 0.278. The van der Waals surface area contributed by atoms with Crippen LogP contribution in [0.3, 0.4) is 0 Å². The van der Waals surface area contributed by atoms with Crippen molar-refractivity contribution in [3.05, 3.63) is 53.9 Å². The van der Waals surface area contributed by atoms with Gasteiger partial charge in [0.2, 0.25) is 0 Å². The van der Waals surface area contributed by atoms with E-state index in [0.29, 0.717) is 11.3 Å². The van der Waals surface area contributed by atoms with Gasteiger partial charge >= 0.3 is 6.43 Å². The molecule has 1 aromatic carbocycles. The van der Waals surface area contributed by atoms with Gasteiger partial charge in [0.25, 0.3) is 5.91 Å². The van der Waals surface area contributed by atoms with Crippen LogP contribution in [-0.4, -0.2) is 52.6 Å². The van der Waals surface area contributed by atoms with E-state index in [1.165, 1.54) is 18.3 Å². The van der Waals surface area contributed by atoms with Gasteiger partial charge in [0.1, 0.15) is 18.5 Å². The summed E-state index contributed by atoms with van der Waals surface area (Å²) < 4.78 is 37.7. The molecule has 7 nitrogen and oxygen atoms in total. The standard InChI is InChI=1S/C18H19F3N4O3/c19-7-14(24-18(27)17(20)21)16(26)11-3-1-10(2-4-11)12-5-6-13(23-9-12)15(8-22)25-28/h1-6,9,14,16-17,26,28H,7-8,22H2,(H,24,27)/b25-15+/t14-,16-/m1/s1. The summed E-state index contributed by atoms with van der Waals surface area (Å²) in [6.07, 6.45) is -3.25. The lowest BCUT2D eigenvalue weighted by Crippen LogP contribution is -2.43. The number of oxime groups is 1. The molecule has 5 N–H and O–H groups in total. The first-order valence-electron chi connectivity index (χ1n) is 8.21. The van der Waals surface area contributed by atoms with E-state index in [0.717, 1.165) is 5.56 Å². The Hall–Kier alpha value is -2.98. The Morgan fingerprint density at radius 2 is 1.82 bits per heavy atom. The summed E-state index contributed by atoms with van der Waals surface area (Å²) in [6, 6.07) is 8.10. The lowest BCUT2D eigenvalue weighted by atomic mass is 9.99. The molecule has 2 rings (SSSR count). The third kappa shape index (κ3) is 5.05. The molecule has 2 aromatic rings. The third-order valence-corrected chi connectivity index (χ3v) is 4.03. The number of nitrogens with zero attached hydrogens (tertiary/aromatic N) is 2. The number of aliphatic hydroxyl groups is 1. The van der Waals surface area contributed by atoms with Crippen LogP contribution < -0.4 is 11.1 Å². The fourth-order valence-electron chi connectivity index (χ4n) is 2.48. The molecule has 1 heterocycles. The molecule has 0 saturated heterocycles. The van der Waals surface area contributed by atoms with Crippen molar-refractivity contribution < 1.29 is 28.3 Å². The average Bonchev–Trinajstić information content (AvgIpc) is 2.72. The zero-order valence-electron chi connectivity index (χ0n) is 14.6. The molecule has 0 spiro atoms. The molecule has 150 valence electrons. The largest absolute Gasteiger partial charge is 0.411 e. The van der Waals surface area contributed by atoms with Crippen molar-refractivity contribution in [2.24, 2.45) is 10.9 Å². The molecular weight excluding hydrogens is 377 g/mol.